The van der Waals surface area contributed by atoms with Gasteiger partial charge in [-0.05, 0) is 43.4 Å². The van der Waals surface area contributed by atoms with Crippen molar-refractivity contribution in [3.8, 4) is 0 Å². The van der Waals surface area contributed by atoms with Crippen molar-refractivity contribution in [1.82, 2.24) is 9.88 Å². The van der Waals surface area contributed by atoms with E-state index < -0.39 is 0 Å². The largest absolute Gasteiger partial charge is 0.356 e. The zero-order chi connectivity index (χ0) is 16.9. The number of aryl methyl sites for hydroxylation is 3. The third-order valence-electron chi connectivity index (χ3n) is 4.35. The zero-order valence-electron chi connectivity index (χ0n) is 14.4. The summed E-state index contributed by atoms with van der Waals surface area (Å²) >= 11 is 0. The summed E-state index contributed by atoms with van der Waals surface area (Å²) in [7, 11) is 0. The molecular formula is C21H24N2O. The number of hydrogen-bond acceptors (Lipinski definition) is 1. The summed E-state index contributed by atoms with van der Waals surface area (Å²) in [5.74, 6) is 0.0923. The lowest BCUT2D eigenvalue weighted by molar-refractivity contribution is -0.120. The molecule has 1 amide bonds. The molecule has 0 spiro atoms. The molecule has 1 heterocycles. The molecule has 2 aromatic carbocycles. The van der Waals surface area contributed by atoms with Gasteiger partial charge in [-0.25, -0.2) is 0 Å². The second kappa shape index (κ2) is 7.35. The van der Waals surface area contributed by atoms with Crippen LogP contribution in [0.25, 0.3) is 10.9 Å². The topological polar surface area (TPSA) is 34.0 Å². The standard InChI is InChI=1S/C21H24N2O/c1-16-7-5-8-18(13-16)15-21(24)22-11-6-12-23-17(2)14-19-9-3-4-10-20(19)23/h3-5,7-10,13-14H,6,11-12,15H2,1-2H3,(H,22,24). The smallest absolute Gasteiger partial charge is 0.224 e. The Morgan fingerprint density at radius 3 is 2.71 bits per heavy atom. The van der Waals surface area contributed by atoms with Gasteiger partial charge in [0.1, 0.15) is 0 Å². The van der Waals surface area contributed by atoms with E-state index in [9.17, 15) is 4.79 Å². The van der Waals surface area contributed by atoms with Crippen LogP contribution in [-0.4, -0.2) is 17.0 Å². The van der Waals surface area contributed by atoms with E-state index in [2.05, 4.69) is 53.2 Å². The third-order valence-corrected chi connectivity index (χ3v) is 4.35. The van der Waals surface area contributed by atoms with Crippen molar-refractivity contribution in [3.05, 3.63) is 71.4 Å². The fourth-order valence-corrected chi connectivity index (χ4v) is 3.18. The number of rotatable bonds is 6. The van der Waals surface area contributed by atoms with Crippen LogP contribution < -0.4 is 5.32 Å². The molecule has 0 atom stereocenters. The first kappa shape index (κ1) is 16.3. The molecule has 3 rings (SSSR count). The molecule has 0 bridgehead atoms. The Labute approximate surface area is 143 Å². The monoisotopic (exact) mass is 320 g/mol. The average Bonchev–Trinajstić information content (AvgIpc) is 2.87. The first-order valence-corrected chi connectivity index (χ1v) is 8.50. The SMILES string of the molecule is Cc1cccc(CC(=O)NCCCn2c(C)cc3ccccc32)c1. The Bertz CT molecular complexity index is 848. The third kappa shape index (κ3) is 3.85. The van der Waals surface area contributed by atoms with Crippen molar-refractivity contribution in [2.24, 2.45) is 0 Å². The van der Waals surface area contributed by atoms with Gasteiger partial charge in [-0.15, -0.1) is 0 Å². The van der Waals surface area contributed by atoms with Crippen molar-refractivity contribution < 1.29 is 4.79 Å². The summed E-state index contributed by atoms with van der Waals surface area (Å²) < 4.78 is 2.32. The number of nitrogens with zero attached hydrogens (tertiary/aromatic N) is 1. The molecule has 0 radical (unpaired) electrons. The Kier molecular flexibility index (Phi) is 4.99. The van der Waals surface area contributed by atoms with E-state index in [1.54, 1.807) is 0 Å². The maximum Gasteiger partial charge on any atom is 0.224 e. The number of aromatic nitrogens is 1. The van der Waals surface area contributed by atoms with Gasteiger partial charge in [-0.1, -0.05) is 48.0 Å². The Morgan fingerprint density at radius 1 is 1.04 bits per heavy atom. The highest BCUT2D eigenvalue weighted by Gasteiger charge is 2.06. The van der Waals surface area contributed by atoms with Crippen LogP contribution in [0.1, 0.15) is 23.2 Å². The van der Waals surface area contributed by atoms with Gasteiger partial charge in [-0.3, -0.25) is 4.79 Å². The van der Waals surface area contributed by atoms with Crippen molar-refractivity contribution in [2.45, 2.75) is 33.2 Å². The quantitative estimate of drug-likeness (QED) is 0.684. The number of benzene rings is 2. The highest BCUT2D eigenvalue weighted by molar-refractivity contribution is 5.81. The zero-order valence-corrected chi connectivity index (χ0v) is 14.4. The molecule has 0 aliphatic carbocycles. The van der Waals surface area contributed by atoms with E-state index in [0.717, 1.165) is 18.5 Å². The summed E-state index contributed by atoms with van der Waals surface area (Å²) in [6.45, 7) is 5.81. The van der Waals surface area contributed by atoms with Gasteiger partial charge < -0.3 is 9.88 Å². The van der Waals surface area contributed by atoms with E-state index in [1.165, 1.54) is 22.2 Å². The summed E-state index contributed by atoms with van der Waals surface area (Å²) in [5, 5.41) is 4.30. The van der Waals surface area contributed by atoms with Crippen LogP contribution >= 0.6 is 0 Å². The van der Waals surface area contributed by atoms with Crippen molar-refractivity contribution >= 4 is 16.8 Å². The lowest BCUT2D eigenvalue weighted by Crippen LogP contribution is -2.26. The van der Waals surface area contributed by atoms with Crippen molar-refractivity contribution in [1.29, 1.82) is 0 Å². The summed E-state index contributed by atoms with van der Waals surface area (Å²) in [4.78, 5) is 12.0. The number of fused-ring (bicyclic) bond motifs is 1. The molecule has 1 aromatic heterocycles. The highest BCUT2D eigenvalue weighted by atomic mass is 16.1. The van der Waals surface area contributed by atoms with E-state index in [1.807, 2.05) is 25.1 Å². The lowest BCUT2D eigenvalue weighted by Gasteiger charge is -2.09. The molecule has 0 saturated heterocycles. The molecule has 3 heteroatoms. The fraction of sp³-hybridized carbons (Fsp3) is 0.286. The minimum absolute atomic E-state index is 0.0923. The van der Waals surface area contributed by atoms with Gasteiger partial charge in [0.2, 0.25) is 5.91 Å². The van der Waals surface area contributed by atoms with Crippen molar-refractivity contribution in [2.75, 3.05) is 6.54 Å². The molecule has 1 N–H and O–H groups in total. The second-order valence-corrected chi connectivity index (χ2v) is 6.37. The molecule has 0 saturated carbocycles. The normalized spacial score (nSPS) is 10.9. The average molecular weight is 320 g/mol. The van der Waals surface area contributed by atoms with Gasteiger partial charge >= 0.3 is 0 Å². The molecule has 24 heavy (non-hydrogen) atoms. The highest BCUT2D eigenvalue weighted by Crippen LogP contribution is 2.19. The van der Waals surface area contributed by atoms with E-state index in [0.29, 0.717) is 13.0 Å². The first-order valence-electron chi connectivity index (χ1n) is 8.50. The molecule has 0 fully saturated rings. The molecule has 0 aliphatic rings. The van der Waals surface area contributed by atoms with Crippen LogP contribution in [0.5, 0.6) is 0 Å². The Morgan fingerprint density at radius 2 is 1.88 bits per heavy atom. The molecule has 3 nitrogen and oxygen atoms in total. The van der Waals surface area contributed by atoms with Crippen LogP contribution in [0.4, 0.5) is 0 Å². The van der Waals surface area contributed by atoms with Crippen LogP contribution in [0.3, 0.4) is 0 Å². The number of carbonyl (C=O) groups excluding carboxylic acids is 1. The first-order chi connectivity index (χ1) is 11.6. The molecule has 124 valence electrons. The predicted octanol–water partition coefficient (Wildman–Crippen LogP) is 4.01. The number of para-hydroxylation sites is 1. The fourth-order valence-electron chi connectivity index (χ4n) is 3.18. The van der Waals surface area contributed by atoms with Crippen LogP contribution in [-0.2, 0) is 17.8 Å². The summed E-state index contributed by atoms with van der Waals surface area (Å²) in [6.07, 6.45) is 1.38. The summed E-state index contributed by atoms with van der Waals surface area (Å²) in [6, 6.07) is 18.8. The molecule has 3 aromatic rings. The summed E-state index contributed by atoms with van der Waals surface area (Å²) in [5.41, 5.74) is 4.79. The van der Waals surface area contributed by atoms with Gasteiger partial charge in [0, 0.05) is 24.3 Å². The number of carbonyl (C=O) groups is 1. The van der Waals surface area contributed by atoms with Crippen molar-refractivity contribution in [3.63, 3.8) is 0 Å². The number of amides is 1. The van der Waals surface area contributed by atoms with Crippen LogP contribution in [0.2, 0.25) is 0 Å². The Balaban J connectivity index is 1.50. The van der Waals surface area contributed by atoms with E-state index in [-0.39, 0.29) is 5.91 Å². The van der Waals surface area contributed by atoms with Crippen LogP contribution in [0, 0.1) is 13.8 Å². The number of hydrogen-bond donors (Lipinski definition) is 1. The second-order valence-electron chi connectivity index (χ2n) is 6.37. The minimum Gasteiger partial charge on any atom is -0.356 e. The van der Waals surface area contributed by atoms with Gasteiger partial charge in [0.15, 0.2) is 0 Å². The van der Waals surface area contributed by atoms with E-state index in [4.69, 9.17) is 0 Å². The minimum atomic E-state index is 0.0923. The van der Waals surface area contributed by atoms with Gasteiger partial charge in [0.25, 0.3) is 0 Å². The maximum absolute atomic E-state index is 12.0. The van der Waals surface area contributed by atoms with E-state index >= 15 is 0 Å². The predicted molar refractivity (Wildman–Crippen MR) is 99.2 cm³/mol. The number of nitrogens with one attached hydrogen (secondary N) is 1. The lowest BCUT2D eigenvalue weighted by atomic mass is 10.1. The molecule has 0 aliphatic heterocycles. The van der Waals surface area contributed by atoms with Crippen LogP contribution in [0.15, 0.2) is 54.6 Å². The molecule has 0 unspecified atom stereocenters. The van der Waals surface area contributed by atoms with Gasteiger partial charge in [-0.2, -0.15) is 0 Å². The maximum atomic E-state index is 12.0. The molecular weight excluding hydrogens is 296 g/mol. The Hall–Kier alpha value is -2.55. The van der Waals surface area contributed by atoms with Gasteiger partial charge in [0.05, 0.1) is 6.42 Å².